The minimum Gasteiger partial charge on any atom is -0.414 e. The number of nitrogens with one attached hydrogen (secondary N) is 1. The Morgan fingerprint density at radius 2 is 2.19 bits per heavy atom. The Hall–Kier alpha value is -1.78. The van der Waals surface area contributed by atoms with E-state index in [4.69, 9.17) is 14.9 Å². The Kier molecular flexibility index (Phi) is 4.70. The molecule has 0 unspecified atom stereocenters. The first-order valence-electron chi connectivity index (χ1n) is 8.65. The Morgan fingerprint density at radius 3 is 2.85 bits per heavy atom. The lowest BCUT2D eigenvalue weighted by Gasteiger charge is -2.36. The molecule has 3 rings (SSSR count). The van der Waals surface area contributed by atoms with Crippen molar-refractivity contribution in [1.29, 1.82) is 0 Å². The Morgan fingerprint density at radius 1 is 1.50 bits per heavy atom. The zero-order valence-electron chi connectivity index (χ0n) is 15.7. The first-order chi connectivity index (χ1) is 12.0. The largest absolute Gasteiger partial charge is 0.414 e. The molecule has 2 aromatic heterocycles. The van der Waals surface area contributed by atoms with Crippen LogP contribution in [-0.2, 0) is 9.16 Å². The van der Waals surface area contributed by atoms with Gasteiger partial charge in [-0.05, 0) is 18.1 Å². The van der Waals surface area contributed by atoms with Gasteiger partial charge < -0.3 is 14.9 Å². The lowest BCUT2D eigenvalue weighted by atomic mass is 10.2. The summed E-state index contributed by atoms with van der Waals surface area (Å²) in [5, 5.41) is 0.0726. The Balaban J connectivity index is 1.77. The molecule has 3 atom stereocenters. The highest BCUT2D eigenvalue weighted by Crippen LogP contribution is 2.38. The summed E-state index contributed by atoms with van der Waals surface area (Å²) in [6, 6.07) is 0. The summed E-state index contributed by atoms with van der Waals surface area (Å²) < 4.78 is 28.1. The number of anilines is 1. The maximum absolute atomic E-state index is 14.6. The van der Waals surface area contributed by atoms with Gasteiger partial charge in [-0.1, -0.05) is 20.8 Å². The van der Waals surface area contributed by atoms with Crippen molar-refractivity contribution in [2.45, 2.75) is 63.8 Å². The molecule has 10 heteroatoms. The van der Waals surface area contributed by atoms with Crippen LogP contribution >= 0.6 is 0 Å². The standard InChI is InChI=1S/C16H26FN5O3Si/c1-16(2,3)26(4,5)24-7-9-6-10(17)14(25-9)22-8-19-11-12(22)20-15(18)21-13(11)23/h8-10,14H,6-7H2,1-5H3,(H3,18,20,21,23)/t9-,10+,14+/m0/s1. The number of halogens is 1. The second-order valence-electron chi connectivity index (χ2n) is 8.25. The molecule has 3 heterocycles. The van der Waals surface area contributed by atoms with Gasteiger partial charge in [0.1, 0.15) is 6.17 Å². The number of aromatic amines is 1. The number of alkyl halides is 1. The molecule has 0 spiro atoms. The quantitative estimate of drug-likeness (QED) is 0.785. The normalized spacial score (nSPS) is 24.5. The summed E-state index contributed by atoms with van der Waals surface area (Å²) in [6.07, 6.45) is -0.927. The molecule has 0 amide bonds. The Bertz CT molecular complexity index is 860. The van der Waals surface area contributed by atoms with Crippen molar-refractivity contribution in [2.24, 2.45) is 0 Å². The number of ether oxygens (including phenoxy) is 1. The van der Waals surface area contributed by atoms with Gasteiger partial charge in [0.2, 0.25) is 5.95 Å². The minimum atomic E-state index is -1.94. The SMILES string of the molecule is CC(C)(C)[Si](C)(C)OC[C@@H]1C[C@@H](F)[C@H](n2cnc3c(=O)[nH]c(N)nc32)O1. The first-order valence-corrected chi connectivity index (χ1v) is 11.6. The minimum absolute atomic E-state index is 0.0459. The fourth-order valence-corrected chi connectivity index (χ4v) is 3.74. The van der Waals surface area contributed by atoms with Gasteiger partial charge in [-0.3, -0.25) is 14.3 Å². The molecule has 0 bridgehead atoms. The molecule has 144 valence electrons. The van der Waals surface area contributed by atoms with Crippen LogP contribution in [0.5, 0.6) is 0 Å². The van der Waals surface area contributed by atoms with Crippen molar-refractivity contribution in [1.82, 2.24) is 19.5 Å². The smallest absolute Gasteiger partial charge is 0.280 e. The predicted molar refractivity (Wildman–Crippen MR) is 99.1 cm³/mol. The molecule has 0 saturated carbocycles. The number of hydrogen-bond donors (Lipinski definition) is 2. The van der Waals surface area contributed by atoms with E-state index in [1.807, 2.05) is 0 Å². The van der Waals surface area contributed by atoms with E-state index in [2.05, 4.69) is 48.8 Å². The maximum Gasteiger partial charge on any atom is 0.280 e. The first kappa shape index (κ1) is 19.0. The van der Waals surface area contributed by atoms with Crippen molar-refractivity contribution >= 4 is 25.4 Å². The third-order valence-corrected chi connectivity index (χ3v) is 9.79. The summed E-state index contributed by atoms with van der Waals surface area (Å²) in [4.78, 5) is 22.3. The molecule has 1 saturated heterocycles. The molecule has 1 aliphatic heterocycles. The van der Waals surface area contributed by atoms with Gasteiger partial charge in [0.15, 0.2) is 25.7 Å². The highest BCUT2D eigenvalue weighted by Gasteiger charge is 2.41. The molecule has 0 aromatic carbocycles. The fraction of sp³-hybridized carbons (Fsp3) is 0.688. The van der Waals surface area contributed by atoms with Gasteiger partial charge in [0, 0.05) is 6.42 Å². The monoisotopic (exact) mass is 383 g/mol. The summed E-state index contributed by atoms with van der Waals surface area (Å²) >= 11 is 0. The van der Waals surface area contributed by atoms with Crippen molar-refractivity contribution < 1.29 is 13.6 Å². The van der Waals surface area contributed by atoms with E-state index in [1.165, 1.54) is 10.9 Å². The number of hydrogen-bond acceptors (Lipinski definition) is 6. The van der Waals surface area contributed by atoms with Crippen molar-refractivity contribution in [2.75, 3.05) is 12.3 Å². The molecule has 1 aliphatic rings. The molecule has 0 aliphatic carbocycles. The molecular weight excluding hydrogens is 357 g/mol. The lowest BCUT2D eigenvalue weighted by Crippen LogP contribution is -2.42. The molecule has 8 nitrogen and oxygen atoms in total. The van der Waals surface area contributed by atoms with E-state index in [1.54, 1.807) is 0 Å². The van der Waals surface area contributed by atoms with Gasteiger partial charge in [0.25, 0.3) is 5.56 Å². The van der Waals surface area contributed by atoms with Gasteiger partial charge in [0.05, 0.1) is 19.0 Å². The van der Waals surface area contributed by atoms with Crippen LogP contribution < -0.4 is 11.3 Å². The number of rotatable bonds is 4. The van der Waals surface area contributed by atoms with Crippen LogP contribution in [0.3, 0.4) is 0 Å². The number of aromatic nitrogens is 4. The summed E-state index contributed by atoms with van der Waals surface area (Å²) in [5.74, 6) is -0.0459. The summed E-state index contributed by atoms with van der Waals surface area (Å²) in [7, 11) is -1.94. The summed E-state index contributed by atoms with van der Waals surface area (Å²) in [6.45, 7) is 11.1. The van der Waals surface area contributed by atoms with E-state index < -0.39 is 26.3 Å². The van der Waals surface area contributed by atoms with Crippen LogP contribution in [0, 0.1) is 0 Å². The molecule has 2 aromatic rings. The zero-order valence-corrected chi connectivity index (χ0v) is 16.7. The van der Waals surface area contributed by atoms with Crippen molar-refractivity contribution in [3.05, 3.63) is 16.7 Å². The second-order valence-corrected chi connectivity index (χ2v) is 13.1. The zero-order chi connectivity index (χ0) is 19.3. The van der Waals surface area contributed by atoms with Crippen LogP contribution in [0.25, 0.3) is 11.2 Å². The highest BCUT2D eigenvalue weighted by molar-refractivity contribution is 6.74. The van der Waals surface area contributed by atoms with Crippen molar-refractivity contribution in [3.8, 4) is 0 Å². The number of nitrogens with zero attached hydrogens (tertiary/aromatic N) is 3. The third-order valence-electron chi connectivity index (χ3n) is 5.29. The third kappa shape index (κ3) is 3.40. The number of fused-ring (bicyclic) bond motifs is 1. The van der Waals surface area contributed by atoms with E-state index in [9.17, 15) is 9.18 Å². The molecule has 1 fully saturated rings. The average Bonchev–Trinajstić information content (AvgIpc) is 3.07. The van der Waals surface area contributed by atoms with Gasteiger partial charge in [-0.2, -0.15) is 4.98 Å². The van der Waals surface area contributed by atoms with E-state index in [0.717, 1.165) is 0 Å². The maximum atomic E-state index is 14.6. The second kappa shape index (κ2) is 6.43. The molecule has 3 N–H and O–H groups in total. The van der Waals surface area contributed by atoms with E-state index >= 15 is 0 Å². The van der Waals surface area contributed by atoms with Crippen LogP contribution in [-0.4, -0.2) is 46.7 Å². The number of imidazole rings is 1. The number of nitrogen functional groups attached to an aromatic ring is 1. The van der Waals surface area contributed by atoms with E-state index in [-0.39, 0.29) is 34.7 Å². The molecular formula is C16H26FN5O3Si. The van der Waals surface area contributed by atoms with Crippen LogP contribution in [0.15, 0.2) is 11.1 Å². The van der Waals surface area contributed by atoms with Gasteiger partial charge in [-0.25, -0.2) is 9.37 Å². The Labute approximate surface area is 152 Å². The number of H-pyrrole nitrogens is 1. The summed E-state index contributed by atoms with van der Waals surface area (Å²) in [5.41, 5.74) is 5.45. The topological polar surface area (TPSA) is 108 Å². The van der Waals surface area contributed by atoms with Gasteiger partial charge in [-0.15, -0.1) is 0 Å². The van der Waals surface area contributed by atoms with Crippen LogP contribution in [0.1, 0.15) is 33.4 Å². The highest BCUT2D eigenvalue weighted by atomic mass is 28.4. The lowest BCUT2D eigenvalue weighted by molar-refractivity contribution is -0.0331. The molecule has 0 radical (unpaired) electrons. The van der Waals surface area contributed by atoms with Gasteiger partial charge >= 0.3 is 0 Å². The van der Waals surface area contributed by atoms with Crippen LogP contribution in [0.4, 0.5) is 10.3 Å². The fourth-order valence-electron chi connectivity index (χ4n) is 2.70. The van der Waals surface area contributed by atoms with Crippen LogP contribution in [0.2, 0.25) is 18.1 Å². The number of nitrogens with two attached hydrogens (primary N) is 1. The molecule has 26 heavy (non-hydrogen) atoms. The average molecular weight is 384 g/mol. The van der Waals surface area contributed by atoms with Crippen molar-refractivity contribution in [3.63, 3.8) is 0 Å². The van der Waals surface area contributed by atoms with E-state index in [0.29, 0.717) is 6.61 Å². The predicted octanol–water partition coefficient (Wildman–Crippen LogP) is 2.35.